The molecule has 2 amide bonds. The minimum absolute atomic E-state index is 0.00228. The summed E-state index contributed by atoms with van der Waals surface area (Å²) in [5, 5.41) is 24.8. The average molecular weight is 482 g/mol. The van der Waals surface area contributed by atoms with E-state index in [1.165, 1.54) is 25.7 Å². The Hall–Kier alpha value is -1.87. The number of nitrogens with one attached hydrogen (secondary N) is 2. The largest absolute Gasteiger partial charge is 0.394 e. The summed E-state index contributed by atoms with van der Waals surface area (Å²) in [5.74, 6) is 0.551. The van der Waals surface area contributed by atoms with Crippen molar-refractivity contribution in [3.05, 3.63) is 40.1 Å². The summed E-state index contributed by atoms with van der Waals surface area (Å²) >= 11 is 11.9. The van der Waals surface area contributed by atoms with Crippen LogP contribution in [-0.2, 0) is 11.3 Å². The maximum atomic E-state index is 12.4. The molecule has 1 aromatic heterocycles. The van der Waals surface area contributed by atoms with Gasteiger partial charge in [0.1, 0.15) is 6.10 Å². The molecule has 3 N–H and O–H groups in total. The topological polar surface area (TPSA) is 101 Å². The lowest BCUT2D eigenvalue weighted by Gasteiger charge is -2.36. The maximum absolute atomic E-state index is 12.4. The number of hydrogen-bond donors (Lipinski definition) is 3. The third kappa shape index (κ3) is 5.92. The molecule has 1 aromatic carbocycles. The zero-order valence-corrected chi connectivity index (χ0v) is 19.4. The van der Waals surface area contributed by atoms with Gasteiger partial charge in [-0.15, -0.1) is 5.10 Å². The van der Waals surface area contributed by atoms with E-state index >= 15 is 0 Å². The van der Waals surface area contributed by atoms with E-state index in [1.54, 1.807) is 18.2 Å². The highest BCUT2D eigenvalue weighted by molar-refractivity contribution is 6.42. The van der Waals surface area contributed by atoms with Gasteiger partial charge < -0.3 is 20.5 Å². The molecule has 1 aliphatic heterocycles. The van der Waals surface area contributed by atoms with Gasteiger partial charge in [-0.1, -0.05) is 41.3 Å². The highest BCUT2D eigenvalue weighted by Gasteiger charge is 2.32. The standard InChI is InChI=1S/C22H29Cl2N5O3/c23-17-7-5-15(11-18(17)24)25-22(31)26-19-8-6-16(32-21(19)13-30)9-10-29-12-20(27-28-29)14-3-1-2-4-14/h5,7,11-12,14,16,19,21,30H,1-4,6,8-10,13H2,(H2,25,26,31)/t16-,19+,21-/m1/s1. The van der Waals surface area contributed by atoms with Crippen LogP contribution < -0.4 is 10.6 Å². The lowest BCUT2D eigenvalue weighted by atomic mass is 9.97. The number of nitrogens with zero attached hydrogens (tertiary/aromatic N) is 3. The molecule has 2 heterocycles. The van der Waals surface area contributed by atoms with E-state index in [2.05, 4.69) is 27.1 Å². The summed E-state index contributed by atoms with van der Waals surface area (Å²) < 4.78 is 7.96. The molecule has 0 radical (unpaired) electrons. The molecule has 32 heavy (non-hydrogen) atoms. The predicted octanol–water partition coefficient (Wildman–Crippen LogP) is 4.36. The average Bonchev–Trinajstić information content (AvgIpc) is 3.47. The van der Waals surface area contributed by atoms with E-state index in [9.17, 15) is 9.90 Å². The van der Waals surface area contributed by atoms with Crippen LogP contribution in [0.1, 0.15) is 56.6 Å². The van der Waals surface area contributed by atoms with Crippen molar-refractivity contribution in [2.45, 2.75) is 75.7 Å². The molecule has 0 bridgehead atoms. The lowest BCUT2D eigenvalue weighted by molar-refractivity contribution is -0.0905. The summed E-state index contributed by atoms with van der Waals surface area (Å²) in [7, 11) is 0. The number of aryl methyl sites for hydroxylation is 1. The Kier molecular flexibility index (Phi) is 7.88. The maximum Gasteiger partial charge on any atom is 0.319 e. The van der Waals surface area contributed by atoms with Gasteiger partial charge in [0.25, 0.3) is 0 Å². The first-order valence-corrected chi connectivity index (χ1v) is 12.0. The van der Waals surface area contributed by atoms with E-state index in [0.717, 1.165) is 31.5 Å². The molecule has 10 heteroatoms. The molecular formula is C22H29Cl2N5O3. The van der Waals surface area contributed by atoms with Crippen LogP contribution in [0.25, 0.3) is 0 Å². The smallest absolute Gasteiger partial charge is 0.319 e. The Morgan fingerprint density at radius 1 is 1.19 bits per heavy atom. The molecule has 174 valence electrons. The molecule has 2 aliphatic rings. The van der Waals surface area contributed by atoms with Gasteiger partial charge in [0.2, 0.25) is 0 Å². The number of anilines is 1. The summed E-state index contributed by atoms with van der Waals surface area (Å²) in [4.78, 5) is 12.4. The summed E-state index contributed by atoms with van der Waals surface area (Å²) in [6.45, 7) is 0.557. The van der Waals surface area contributed by atoms with Gasteiger partial charge in [0.05, 0.1) is 34.5 Å². The van der Waals surface area contributed by atoms with Gasteiger partial charge in [-0.25, -0.2) is 4.79 Å². The SMILES string of the molecule is O=C(Nc1ccc(Cl)c(Cl)c1)N[C@H]1CC[C@H](CCn2cc(C3CCCC3)nn2)O[C@@H]1CO. The number of aromatic nitrogens is 3. The highest BCUT2D eigenvalue weighted by Crippen LogP contribution is 2.32. The first-order chi connectivity index (χ1) is 15.5. The van der Waals surface area contributed by atoms with Crippen LogP contribution in [-0.4, -0.2) is 51.0 Å². The second-order valence-corrected chi connectivity index (χ2v) is 9.38. The Morgan fingerprint density at radius 3 is 2.75 bits per heavy atom. The number of urea groups is 1. The molecule has 1 saturated carbocycles. The summed E-state index contributed by atoms with van der Waals surface area (Å²) in [6.07, 6.45) is 8.85. The number of carbonyl (C=O) groups is 1. The fourth-order valence-corrected chi connectivity index (χ4v) is 4.82. The molecule has 8 nitrogen and oxygen atoms in total. The predicted molar refractivity (Wildman–Crippen MR) is 123 cm³/mol. The number of hydrogen-bond acceptors (Lipinski definition) is 5. The van der Waals surface area contributed by atoms with Crippen molar-refractivity contribution in [2.24, 2.45) is 0 Å². The second kappa shape index (κ2) is 10.8. The van der Waals surface area contributed by atoms with Crippen LogP contribution in [0.15, 0.2) is 24.4 Å². The van der Waals surface area contributed by atoms with E-state index < -0.39 is 6.10 Å². The second-order valence-electron chi connectivity index (χ2n) is 8.57. The van der Waals surface area contributed by atoms with Gasteiger partial charge in [0.15, 0.2) is 0 Å². The number of benzene rings is 1. The first kappa shape index (κ1) is 23.3. The number of aliphatic hydroxyl groups excluding tert-OH is 1. The van der Waals surface area contributed by atoms with Crippen LogP contribution in [0, 0.1) is 0 Å². The van der Waals surface area contributed by atoms with Crippen molar-refractivity contribution in [1.82, 2.24) is 20.3 Å². The monoisotopic (exact) mass is 481 g/mol. The van der Waals surface area contributed by atoms with Gasteiger partial charge in [0, 0.05) is 24.3 Å². The van der Waals surface area contributed by atoms with Gasteiger partial charge in [-0.3, -0.25) is 4.68 Å². The van der Waals surface area contributed by atoms with Crippen molar-refractivity contribution >= 4 is 34.9 Å². The molecule has 0 unspecified atom stereocenters. The van der Waals surface area contributed by atoms with Crippen molar-refractivity contribution in [3.63, 3.8) is 0 Å². The van der Waals surface area contributed by atoms with E-state index in [4.69, 9.17) is 27.9 Å². The number of amides is 2. The minimum atomic E-state index is -0.460. The van der Waals surface area contributed by atoms with E-state index in [0.29, 0.717) is 21.7 Å². The fraction of sp³-hybridized carbons (Fsp3) is 0.591. The molecule has 4 rings (SSSR count). The first-order valence-electron chi connectivity index (χ1n) is 11.2. The van der Waals surface area contributed by atoms with Gasteiger partial charge in [-0.05, 0) is 50.3 Å². The van der Waals surface area contributed by atoms with Crippen LogP contribution >= 0.6 is 23.2 Å². The van der Waals surface area contributed by atoms with Crippen LogP contribution in [0.2, 0.25) is 10.0 Å². The quantitative estimate of drug-likeness (QED) is 0.545. The number of carbonyl (C=O) groups excluding carboxylic acids is 1. The number of halogens is 2. The minimum Gasteiger partial charge on any atom is -0.394 e. The van der Waals surface area contributed by atoms with Crippen molar-refractivity contribution in [3.8, 4) is 0 Å². The third-order valence-electron chi connectivity index (χ3n) is 6.30. The molecule has 1 saturated heterocycles. The summed E-state index contributed by atoms with van der Waals surface area (Å²) in [5.41, 5.74) is 1.63. The summed E-state index contributed by atoms with van der Waals surface area (Å²) in [6, 6.07) is 4.22. The molecule has 0 spiro atoms. The van der Waals surface area contributed by atoms with E-state index in [-0.39, 0.29) is 24.8 Å². The van der Waals surface area contributed by atoms with E-state index in [1.807, 2.05) is 4.68 Å². The number of aliphatic hydroxyl groups is 1. The van der Waals surface area contributed by atoms with Crippen LogP contribution in [0.5, 0.6) is 0 Å². The highest BCUT2D eigenvalue weighted by atomic mass is 35.5. The Bertz CT molecular complexity index is 919. The molecular weight excluding hydrogens is 453 g/mol. The van der Waals surface area contributed by atoms with Crippen molar-refractivity contribution in [1.29, 1.82) is 0 Å². The van der Waals surface area contributed by atoms with Crippen molar-refractivity contribution in [2.75, 3.05) is 11.9 Å². The zero-order chi connectivity index (χ0) is 22.5. The molecule has 2 fully saturated rings. The van der Waals surface area contributed by atoms with Crippen LogP contribution in [0.4, 0.5) is 10.5 Å². The van der Waals surface area contributed by atoms with Gasteiger partial charge in [-0.2, -0.15) is 0 Å². The number of rotatable bonds is 7. The van der Waals surface area contributed by atoms with Gasteiger partial charge >= 0.3 is 6.03 Å². The Labute approximate surface area is 197 Å². The number of ether oxygens (including phenoxy) is 1. The third-order valence-corrected chi connectivity index (χ3v) is 7.04. The molecule has 2 aromatic rings. The molecule has 1 aliphatic carbocycles. The van der Waals surface area contributed by atoms with Crippen molar-refractivity contribution < 1.29 is 14.6 Å². The fourth-order valence-electron chi connectivity index (χ4n) is 4.53. The Morgan fingerprint density at radius 2 is 2.00 bits per heavy atom. The Balaban J connectivity index is 1.24. The van der Waals surface area contributed by atoms with Crippen LogP contribution in [0.3, 0.4) is 0 Å². The lowest BCUT2D eigenvalue weighted by Crippen LogP contribution is -2.52. The normalized spacial score (nSPS) is 23.9. The molecule has 3 atom stereocenters. The zero-order valence-electron chi connectivity index (χ0n) is 17.8.